The molecular formula is C20H20FN7O. The summed E-state index contributed by atoms with van der Waals surface area (Å²) in [6.45, 7) is 3.86. The third-order valence-corrected chi connectivity index (χ3v) is 4.38. The second-order valence-corrected chi connectivity index (χ2v) is 6.53. The molecule has 0 fully saturated rings. The highest BCUT2D eigenvalue weighted by atomic mass is 19.1. The van der Waals surface area contributed by atoms with E-state index in [2.05, 4.69) is 20.2 Å². The summed E-state index contributed by atoms with van der Waals surface area (Å²) in [7, 11) is 1.54. The second-order valence-electron chi connectivity index (χ2n) is 6.53. The number of methoxy groups -OCH3 is 1. The number of aryl methyl sites for hydroxylation is 2. The first kappa shape index (κ1) is 18.5. The van der Waals surface area contributed by atoms with Crippen molar-refractivity contribution in [2.45, 2.75) is 13.8 Å². The van der Waals surface area contributed by atoms with E-state index >= 15 is 0 Å². The van der Waals surface area contributed by atoms with Gasteiger partial charge in [-0.3, -0.25) is 0 Å². The van der Waals surface area contributed by atoms with Gasteiger partial charge < -0.3 is 15.5 Å². The lowest BCUT2D eigenvalue weighted by molar-refractivity contribution is 0.420. The van der Waals surface area contributed by atoms with Gasteiger partial charge in [0.1, 0.15) is 17.3 Å². The smallest absolute Gasteiger partial charge is 0.189 e. The fourth-order valence-corrected chi connectivity index (χ4v) is 3.13. The Morgan fingerprint density at radius 1 is 1.10 bits per heavy atom. The van der Waals surface area contributed by atoms with Gasteiger partial charge >= 0.3 is 0 Å². The number of anilines is 1. The molecule has 0 radical (unpaired) electrons. The number of benzene rings is 1. The van der Waals surface area contributed by atoms with Crippen LogP contribution in [0.25, 0.3) is 22.7 Å². The number of nitrogens with zero attached hydrogens (tertiary/aromatic N) is 5. The molecule has 3 N–H and O–H groups in total. The molecule has 0 aliphatic heterocycles. The van der Waals surface area contributed by atoms with Crippen LogP contribution in [0, 0.1) is 19.7 Å². The van der Waals surface area contributed by atoms with Gasteiger partial charge in [-0.2, -0.15) is 10.2 Å². The first-order valence-electron chi connectivity index (χ1n) is 8.91. The Morgan fingerprint density at radius 3 is 2.52 bits per heavy atom. The van der Waals surface area contributed by atoms with Gasteiger partial charge in [0.25, 0.3) is 0 Å². The monoisotopic (exact) mass is 393 g/mol. The average molecular weight is 393 g/mol. The SMILES string of the molecule is COc1c(-c2ccc(F)cc2)nn2ccnc(-n3nc(C)cc3C)cc(N)[nH]c12. The molecule has 9 heteroatoms. The van der Waals surface area contributed by atoms with Crippen molar-refractivity contribution < 1.29 is 9.13 Å². The number of aromatic amines is 1. The fraction of sp³-hybridized carbons (Fsp3) is 0.150. The molecule has 3 aromatic heterocycles. The Kier molecular flexibility index (Phi) is 4.63. The van der Waals surface area contributed by atoms with Gasteiger partial charge in [-0.25, -0.2) is 18.6 Å². The lowest BCUT2D eigenvalue weighted by Gasteiger charge is -2.02. The molecule has 0 spiro atoms. The number of ether oxygens (including phenoxy) is 1. The van der Waals surface area contributed by atoms with Crippen LogP contribution >= 0.6 is 0 Å². The Balaban J connectivity index is 1.94. The first-order valence-corrected chi connectivity index (χ1v) is 8.91. The standard InChI is InChI=1S/C20H20FN7O/c1-12-10-13(2)28(25-12)17-11-16(22)24-20-19(29-3)18(26-27(20)9-8-23-17)14-4-6-15(21)7-5-14/h4-11,24H,22H2,1-3H3. The summed E-state index contributed by atoms with van der Waals surface area (Å²) in [5, 5.41) is 9.01. The number of nitrogens with two attached hydrogens (primary N) is 1. The highest BCUT2D eigenvalue weighted by molar-refractivity contribution is 5.75. The molecule has 0 aliphatic rings. The molecule has 8 nitrogen and oxygen atoms in total. The lowest BCUT2D eigenvalue weighted by Crippen LogP contribution is -2.01. The molecule has 148 valence electrons. The highest BCUT2D eigenvalue weighted by Gasteiger charge is 2.15. The average Bonchev–Trinajstić information content (AvgIpc) is 3.21. The maximum absolute atomic E-state index is 13.3. The summed E-state index contributed by atoms with van der Waals surface area (Å²) in [4.78, 5) is 7.59. The van der Waals surface area contributed by atoms with E-state index in [1.165, 1.54) is 12.1 Å². The summed E-state index contributed by atoms with van der Waals surface area (Å²) in [6.07, 6.45) is 3.28. The van der Waals surface area contributed by atoms with Crippen LogP contribution in [0.2, 0.25) is 0 Å². The number of hydrogen-bond acceptors (Lipinski definition) is 5. The van der Waals surface area contributed by atoms with E-state index in [9.17, 15) is 4.39 Å². The maximum atomic E-state index is 13.3. The molecule has 0 unspecified atom stereocenters. The van der Waals surface area contributed by atoms with Crippen LogP contribution in [0.1, 0.15) is 11.4 Å². The summed E-state index contributed by atoms with van der Waals surface area (Å²) < 4.78 is 22.2. The minimum absolute atomic E-state index is 0.321. The molecule has 0 saturated heterocycles. The van der Waals surface area contributed by atoms with Crippen LogP contribution < -0.4 is 10.5 Å². The predicted molar refractivity (Wildman–Crippen MR) is 108 cm³/mol. The molecule has 3 heterocycles. The van der Waals surface area contributed by atoms with Crippen LogP contribution in [-0.4, -0.2) is 36.5 Å². The molecule has 4 rings (SSSR count). The van der Waals surface area contributed by atoms with E-state index in [0.29, 0.717) is 34.3 Å². The van der Waals surface area contributed by atoms with E-state index in [1.54, 1.807) is 46.9 Å². The topological polar surface area (TPSA) is 99.1 Å². The van der Waals surface area contributed by atoms with Crippen LogP contribution in [-0.2, 0) is 0 Å². The van der Waals surface area contributed by atoms with E-state index in [-0.39, 0.29) is 5.82 Å². The largest absolute Gasteiger partial charge is 0.491 e. The number of hydrogen-bond donors (Lipinski definition) is 2. The lowest BCUT2D eigenvalue weighted by atomic mass is 10.1. The number of halogens is 1. The van der Waals surface area contributed by atoms with Crippen molar-refractivity contribution in [1.29, 1.82) is 0 Å². The van der Waals surface area contributed by atoms with Crippen molar-refractivity contribution in [3.63, 3.8) is 0 Å². The van der Waals surface area contributed by atoms with Crippen molar-refractivity contribution in [3.8, 4) is 22.8 Å². The molecule has 0 amide bonds. The summed E-state index contributed by atoms with van der Waals surface area (Å²) in [5.74, 6) is 1.05. The van der Waals surface area contributed by atoms with Crippen molar-refractivity contribution in [1.82, 2.24) is 29.4 Å². The number of nitrogen functional groups attached to an aromatic ring is 1. The number of rotatable bonds is 3. The molecule has 1 aromatic carbocycles. The van der Waals surface area contributed by atoms with Crippen LogP contribution in [0.3, 0.4) is 0 Å². The zero-order chi connectivity index (χ0) is 20.5. The first-order chi connectivity index (χ1) is 14.0. The third-order valence-electron chi connectivity index (χ3n) is 4.38. The molecule has 29 heavy (non-hydrogen) atoms. The minimum Gasteiger partial charge on any atom is -0.491 e. The molecular weight excluding hydrogens is 373 g/mol. The molecule has 0 saturated carbocycles. The second kappa shape index (κ2) is 7.27. The van der Waals surface area contributed by atoms with E-state index < -0.39 is 0 Å². The van der Waals surface area contributed by atoms with E-state index in [0.717, 1.165) is 11.4 Å². The molecule has 0 atom stereocenters. The van der Waals surface area contributed by atoms with Gasteiger partial charge in [-0.15, -0.1) is 0 Å². The van der Waals surface area contributed by atoms with Crippen LogP contribution in [0.15, 0.2) is 48.8 Å². The van der Waals surface area contributed by atoms with Gasteiger partial charge in [-0.1, -0.05) is 0 Å². The van der Waals surface area contributed by atoms with Gasteiger partial charge in [0.15, 0.2) is 17.2 Å². The van der Waals surface area contributed by atoms with Crippen molar-refractivity contribution in [3.05, 3.63) is 66.0 Å². The number of H-pyrrole nitrogens is 1. The maximum Gasteiger partial charge on any atom is 0.189 e. The normalized spacial score (nSPS) is 10.9. The zero-order valence-corrected chi connectivity index (χ0v) is 16.2. The van der Waals surface area contributed by atoms with Crippen LogP contribution in [0.4, 0.5) is 10.2 Å². The Hall–Kier alpha value is -3.88. The number of fused-ring (bicyclic) bond motifs is 1. The number of aromatic nitrogens is 6. The van der Waals surface area contributed by atoms with Gasteiger partial charge in [-0.05, 0) is 44.2 Å². The van der Waals surface area contributed by atoms with Gasteiger partial charge in [0.2, 0.25) is 0 Å². The minimum atomic E-state index is -0.321. The summed E-state index contributed by atoms with van der Waals surface area (Å²) in [6, 6.07) is 9.67. The fourth-order valence-electron chi connectivity index (χ4n) is 3.13. The summed E-state index contributed by atoms with van der Waals surface area (Å²) in [5.41, 5.74) is 9.83. The Morgan fingerprint density at radius 2 is 1.86 bits per heavy atom. The molecule has 4 aromatic rings. The zero-order valence-electron chi connectivity index (χ0n) is 16.2. The van der Waals surface area contributed by atoms with Gasteiger partial charge in [0.05, 0.1) is 12.8 Å². The molecule has 0 bridgehead atoms. The highest BCUT2D eigenvalue weighted by Crippen LogP contribution is 2.32. The third kappa shape index (κ3) is 3.49. The Bertz CT molecular complexity index is 1240. The summed E-state index contributed by atoms with van der Waals surface area (Å²) >= 11 is 0. The van der Waals surface area contributed by atoms with E-state index in [1.807, 2.05) is 19.9 Å². The van der Waals surface area contributed by atoms with Crippen LogP contribution in [0.5, 0.6) is 5.75 Å². The quantitative estimate of drug-likeness (QED) is 0.556. The predicted octanol–water partition coefficient (Wildman–Crippen LogP) is 3.38. The van der Waals surface area contributed by atoms with Gasteiger partial charge in [0, 0.05) is 29.7 Å². The van der Waals surface area contributed by atoms with E-state index in [4.69, 9.17) is 10.5 Å². The van der Waals surface area contributed by atoms with Crippen molar-refractivity contribution in [2.75, 3.05) is 12.8 Å². The van der Waals surface area contributed by atoms with Crippen molar-refractivity contribution in [2.24, 2.45) is 0 Å². The molecule has 0 aliphatic carbocycles. The number of nitrogens with one attached hydrogen (secondary N) is 1. The van der Waals surface area contributed by atoms with Crippen molar-refractivity contribution >= 4 is 11.5 Å². The Labute approximate surface area is 166 Å².